The predicted octanol–water partition coefficient (Wildman–Crippen LogP) is 1.92. The maximum atomic E-state index is 11.9. The molecule has 0 unspecified atom stereocenters. The van der Waals surface area contributed by atoms with Crippen LogP contribution in [0.5, 0.6) is 0 Å². The van der Waals surface area contributed by atoms with Crippen molar-refractivity contribution in [3.8, 4) is 0 Å². The normalized spacial score (nSPS) is 13.6. The van der Waals surface area contributed by atoms with Crippen LogP contribution >= 0.6 is 0 Å². The van der Waals surface area contributed by atoms with Gasteiger partial charge in [-0.25, -0.2) is 13.1 Å². The van der Waals surface area contributed by atoms with Gasteiger partial charge in [-0.1, -0.05) is 13.8 Å². The molecule has 100 valence electrons. The van der Waals surface area contributed by atoms with E-state index in [9.17, 15) is 18.5 Å². The second-order valence-corrected chi connectivity index (χ2v) is 6.12. The number of hydrogen-bond acceptors (Lipinski definition) is 4. The molecule has 1 aromatic rings. The summed E-state index contributed by atoms with van der Waals surface area (Å²) in [5, 5.41) is 10.5. The fraction of sp³-hybridized carbons (Fsp3) is 0.455. The summed E-state index contributed by atoms with van der Waals surface area (Å²) in [5.41, 5.74) is -0.133. The molecule has 0 radical (unpaired) electrons. The smallest absolute Gasteiger partial charge is 0.258 e. The molecule has 1 rings (SSSR count). The number of non-ortho nitro benzene ring substituents is 1. The summed E-state index contributed by atoms with van der Waals surface area (Å²) >= 11 is 0. The van der Waals surface area contributed by atoms with Crippen LogP contribution in [0.25, 0.3) is 0 Å². The van der Waals surface area contributed by atoms with Crippen LogP contribution < -0.4 is 4.72 Å². The average molecular weight is 272 g/mol. The van der Waals surface area contributed by atoms with Crippen molar-refractivity contribution in [2.45, 2.75) is 31.7 Å². The summed E-state index contributed by atoms with van der Waals surface area (Å²) in [6.45, 7) is 5.58. The third kappa shape index (κ3) is 3.51. The number of hydrogen-bond donors (Lipinski definition) is 1. The number of nitro groups is 1. The Balaban J connectivity index is 2.95. The first kappa shape index (κ1) is 14.6. The van der Waals surface area contributed by atoms with Gasteiger partial charge in [0.05, 0.1) is 9.82 Å². The van der Waals surface area contributed by atoms with E-state index in [2.05, 4.69) is 4.72 Å². The first-order valence-corrected chi connectivity index (χ1v) is 6.99. The van der Waals surface area contributed by atoms with Gasteiger partial charge in [-0.05, 0) is 25.0 Å². The van der Waals surface area contributed by atoms with Crippen molar-refractivity contribution in [2.24, 2.45) is 5.92 Å². The molecule has 1 atom stereocenters. The van der Waals surface area contributed by atoms with E-state index < -0.39 is 14.9 Å². The minimum absolute atomic E-state index is 0.0283. The van der Waals surface area contributed by atoms with E-state index in [1.54, 1.807) is 6.92 Å². The molecule has 0 spiro atoms. The summed E-state index contributed by atoms with van der Waals surface area (Å²) in [6, 6.07) is 4.61. The van der Waals surface area contributed by atoms with E-state index in [0.717, 1.165) is 0 Å². The molecule has 0 fully saturated rings. The maximum Gasteiger partial charge on any atom is 0.269 e. The quantitative estimate of drug-likeness (QED) is 0.655. The number of nitrogens with zero attached hydrogens (tertiary/aromatic N) is 1. The number of rotatable bonds is 5. The van der Waals surface area contributed by atoms with Crippen LogP contribution in [0.2, 0.25) is 0 Å². The third-order valence-corrected chi connectivity index (χ3v) is 4.27. The zero-order valence-electron chi connectivity index (χ0n) is 10.5. The van der Waals surface area contributed by atoms with Gasteiger partial charge in [-0.3, -0.25) is 10.1 Å². The first-order valence-electron chi connectivity index (χ1n) is 5.51. The monoisotopic (exact) mass is 272 g/mol. The van der Waals surface area contributed by atoms with Crippen LogP contribution in [0.15, 0.2) is 29.2 Å². The molecule has 6 nitrogen and oxygen atoms in total. The minimum atomic E-state index is -3.62. The van der Waals surface area contributed by atoms with Crippen LogP contribution in [0, 0.1) is 16.0 Å². The lowest BCUT2D eigenvalue weighted by Crippen LogP contribution is -2.36. The molecule has 1 aromatic carbocycles. The van der Waals surface area contributed by atoms with Gasteiger partial charge in [0.25, 0.3) is 5.69 Å². The van der Waals surface area contributed by atoms with Crippen molar-refractivity contribution in [3.05, 3.63) is 34.4 Å². The molecule has 0 bridgehead atoms. The zero-order chi connectivity index (χ0) is 13.9. The van der Waals surface area contributed by atoms with E-state index in [-0.39, 0.29) is 22.5 Å². The fourth-order valence-corrected chi connectivity index (χ4v) is 2.59. The number of nitrogens with one attached hydrogen (secondary N) is 1. The predicted molar refractivity (Wildman–Crippen MR) is 67.7 cm³/mol. The fourth-order valence-electron chi connectivity index (χ4n) is 1.20. The number of nitro benzene ring substituents is 1. The summed E-state index contributed by atoms with van der Waals surface area (Å²) in [7, 11) is -3.62. The standard InChI is InChI=1S/C11H16N2O4S/c1-8(2)9(3)12-18(16,17)11-6-4-10(5-7-11)13(14)15/h4-9,12H,1-3H3/t9-/m1/s1. The average Bonchev–Trinajstić information content (AvgIpc) is 2.28. The molecule has 0 heterocycles. The van der Waals surface area contributed by atoms with E-state index in [4.69, 9.17) is 0 Å². The van der Waals surface area contributed by atoms with Crippen LogP contribution in [-0.2, 0) is 10.0 Å². The van der Waals surface area contributed by atoms with Gasteiger partial charge in [0.2, 0.25) is 10.0 Å². The van der Waals surface area contributed by atoms with Crippen LogP contribution in [-0.4, -0.2) is 19.4 Å². The van der Waals surface area contributed by atoms with Crippen LogP contribution in [0.4, 0.5) is 5.69 Å². The molecule has 7 heteroatoms. The second-order valence-electron chi connectivity index (χ2n) is 4.40. The van der Waals surface area contributed by atoms with E-state index in [1.165, 1.54) is 24.3 Å². The van der Waals surface area contributed by atoms with E-state index in [1.807, 2.05) is 13.8 Å². The summed E-state index contributed by atoms with van der Waals surface area (Å²) in [4.78, 5) is 9.93. The Kier molecular flexibility index (Phi) is 4.42. The lowest BCUT2D eigenvalue weighted by Gasteiger charge is -2.17. The van der Waals surface area contributed by atoms with Crippen molar-refractivity contribution in [1.82, 2.24) is 4.72 Å². The Hall–Kier alpha value is -1.47. The van der Waals surface area contributed by atoms with Crippen LogP contribution in [0.1, 0.15) is 20.8 Å². The van der Waals surface area contributed by atoms with Crippen molar-refractivity contribution in [2.75, 3.05) is 0 Å². The van der Waals surface area contributed by atoms with Crippen molar-refractivity contribution >= 4 is 15.7 Å². The summed E-state index contributed by atoms with van der Waals surface area (Å²) in [5.74, 6) is 0.165. The molecule has 18 heavy (non-hydrogen) atoms. The molecule has 0 aliphatic carbocycles. The Morgan fingerprint density at radius 2 is 1.67 bits per heavy atom. The lowest BCUT2D eigenvalue weighted by atomic mass is 10.1. The van der Waals surface area contributed by atoms with Gasteiger partial charge in [0.15, 0.2) is 0 Å². The molecular formula is C11H16N2O4S. The molecule has 0 saturated carbocycles. The van der Waals surface area contributed by atoms with Gasteiger partial charge in [-0.2, -0.15) is 0 Å². The summed E-state index contributed by atoms with van der Waals surface area (Å²) in [6.07, 6.45) is 0. The SMILES string of the molecule is CC(C)[C@@H](C)NS(=O)(=O)c1ccc([N+](=O)[O-])cc1. The van der Waals surface area contributed by atoms with Gasteiger partial charge in [-0.15, -0.1) is 0 Å². The maximum absolute atomic E-state index is 11.9. The molecule has 0 aliphatic heterocycles. The van der Waals surface area contributed by atoms with Gasteiger partial charge in [0.1, 0.15) is 0 Å². The Morgan fingerprint density at radius 1 is 1.17 bits per heavy atom. The highest BCUT2D eigenvalue weighted by atomic mass is 32.2. The van der Waals surface area contributed by atoms with Crippen molar-refractivity contribution in [3.63, 3.8) is 0 Å². The zero-order valence-corrected chi connectivity index (χ0v) is 11.3. The summed E-state index contributed by atoms with van der Waals surface area (Å²) < 4.78 is 26.4. The third-order valence-electron chi connectivity index (χ3n) is 2.70. The molecular weight excluding hydrogens is 256 g/mol. The largest absolute Gasteiger partial charge is 0.269 e. The first-order chi connectivity index (χ1) is 8.24. The highest BCUT2D eigenvalue weighted by Gasteiger charge is 2.19. The molecule has 0 saturated heterocycles. The number of benzene rings is 1. The highest BCUT2D eigenvalue weighted by molar-refractivity contribution is 7.89. The lowest BCUT2D eigenvalue weighted by molar-refractivity contribution is -0.384. The molecule has 0 aromatic heterocycles. The Labute approximate surface area is 106 Å². The van der Waals surface area contributed by atoms with Crippen LogP contribution in [0.3, 0.4) is 0 Å². The molecule has 0 amide bonds. The minimum Gasteiger partial charge on any atom is -0.258 e. The highest BCUT2D eigenvalue weighted by Crippen LogP contribution is 2.16. The Morgan fingerprint density at radius 3 is 2.06 bits per heavy atom. The van der Waals surface area contributed by atoms with Gasteiger partial charge in [0, 0.05) is 18.2 Å². The van der Waals surface area contributed by atoms with E-state index in [0.29, 0.717) is 0 Å². The second kappa shape index (κ2) is 5.45. The number of sulfonamides is 1. The van der Waals surface area contributed by atoms with Gasteiger partial charge < -0.3 is 0 Å². The van der Waals surface area contributed by atoms with Crippen molar-refractivity contribution in [1.29, 1.82) is 0 Å². The van der Waals surface area contributed by atoms with Gasteiger partial charge >= 0.3 is 0 Å². The van der Waals surface area contributed by atoms with E-state index >= 15 is 0 Å². The Bertz CT molecular complexity index is 522. The molecule has 0 aliphatic rings. The molecule has 1 N–H and O–H groups in total. The van der Waals surface area contributed by atoms with Crippen molar-refractivity contribution < 1.29 is 13.3 Å². The topological polar surface area (TPSA) is 89.3 Å².